The molecule has 0 N–H and O–H groups in total. The third-order valence-electron chi connectivity index (χ3n) is 1.54. The molecule has 0 unspecified atom stereocenters. The predicted octanol–water partition coefficient (Wildman–Crippen LogP) is 0.487. The molecule has 0 aliphatic heterocycles. The summed E-state index contributed by atoms with van der Waals surface area (Å²) in [6, 6.07) is 1.93. The Kier molecular flexibility index (Phi) is 1.31. The summed E-state index contributed by atoms with van der Waals surface area (Å²) in [5, 5.41) is 11.5. The van der Waals surface area contributed by atoms with Crippen LogP contribution in [-0.4, -0.2) is 19.8 Å². The molecule has 2 heterocycles. The Morgan fingerprint density at radius 2 is 2.55 bits per heavy atom. The number of hydrogen-bond acceptors (Lipinski definition) is 3. The third-order valence-corrected chi connectivity index (χ3v) is 1.54. The van der Waals surface area contributed by atoms with Gasteiger partial charge in [-0.1, -0.05) is 6.92 Å². The number of fused-ring (bicyclic) bond motifs is 1. The molecule has 1 radical (unpaired) electrons. The Morgan fingerprint density at radius 3 is 3.36 bits per heavy atom. The van der Waals surface area contributed by atoms with Gasteiger partial charge in [0.05, 0.1) is 0 Å². The van der Waals surface area contributed by atoms with E-state index >= 15 is 0 Å². The second kappa shape index (κ2) is 2.30. The van der Waals surface area contributed by atoms with Crippen LogP contribution in [0.1, 0.15) is 12.5 Å². The van der Waals surface area contributed by atoms with Crippen molar-refractivity contribution in [2.45, 2.75) is 13.3 Å². The van der Waals surface area contributed by atoms with Crippen molar-refractivity contribution in [2.24, 2.45) is 0 Å². The van der Waals surface area contributed by atoms with Crippen LogP contribution in [0, 0.1) is 6.20 Å². The van der Waals surface area contributed by atoms with Crippen LogP contribution in [-0.2, 0) is 6.42 Å². The maximum Gasteiger partial charge on any atom is 0.177 e. The SMILES string of the molecule is CCc1[c]nn2cnnc2c1. The van der Waals surface area contributed by atoms with E-state index in [9.17, 15) is 0 Å². The molecule has 0 bridgehead atoms. The average molecular weight is 147 g/mol. The zero-order chi connectivity index (χ0) is 7.68. The number of rotatable bonds is 1. The van der Waals surface area contributed by atoms with Crippen LogP contribution in [0.15, 0.2) is 12.4 Å². The Morgan fingerprint density at radius 1 is 1.64 bits per heavy atom. The van der Waals surface area contributed by atoms with Gasteiger partial charge < -0.3 is 0 Å². The Hall–Kier alpha value is -1.45. The van der Waals surface area contributed by atoms with Crippen molar-refractivity contribution in [2.75, 3.05) is 0 Å². The number of hydrogen-bond donors (Lipinski definition) is 0. The van der Waals surface area contributed by atoms with Gasteiger partial charge in [0.2, 0.25) is 0 Å². The molecule has 55 valence electrons. The Labute approximate surface area is 63.9 Å². The summed E-state index contributed by atoms with van der Waals surface area (Å²) >= 11 is 0. The van der Waals surface area contributed by atoms with Gasteiger partial charge in [-0.2, -0.15) is 9.61 Å². The normalized spacial score (nSPS) is 10.6. The highest BCUT2D eigenvalue weighted by Gasteiger charge is 1.96. The summed E-state index contributed by atoms with van der Waals surface area (Å²) in [4.78, 5) is 0. The van der Waals surface area contributed by atoms with Gasteiger partial charge in [0, 0.05) is 0 Å². The van der Waals surface area contributed by atoms with Crippen molar-refractivity contribution in [3.8, 4) is 0 Å². The highest BCUT2D eigenvalue weighted by molar-refractivity contribution is 5.36. The molecule has 4 heteroatoms. The molecule has 0 atom stereocenters. The van der Waals surface area contributed by atoms with Crippen molar-refractivity contribution in [1.29, 1.82) is 0 Å². The first-order valence-electron chi connectivity index (χ1n) is 3.48. The molecule has 2 aromatic heterocycles. The van der Waals surface area contributed by atoms with Gasteiger partial charge in [0.1, 0.15) is 12.5 Å². The fraction of sp³-hybridized carbons (Fsp3) is 0.286. The topological polar surface area (TPSA) is 43.1 Å². The highest BCUT2D eigenvalue weighted by Crippen LogP contribution is 2.00. The molecule has 2 aromatic rings. The molecule has 0 fully saturated rings. The number of nitrogens with zero attached hydrogens (tertiary/aromatic N) is 4. The molecule has 0 aliphatic carbocycles. The van der Waals surface area contributed by atoms with E-state index in [1.165, 1.54) is 0 Å². The van der Waals surface area contributed by atoms with Crippen molar-refractivity contribution >= 4 is 5.65 Å². The van der Waals surface area contributed by atoms with E-state index < -0.39 is 0 Å². The van der Waals surface area contributed by atoms with Gasteiger partial charge in [-0.3, -0.25) is 0 Å². The second-order valence-electron chi connectivity index (χ2n) is 2.27. The molecule has 0 aromatic carbocycles. The van der Waals surface area contributed by atoms with E-state index in [1.54, 1.807) is 10.8 Å². The van der Waals surface area contributed by atoms with Gasteiger partial charge in [-0.05, 0) is 18.1 Å². The van der Waals surface area contributed by atoms with Crippen LogP contribution in [0.3, 0.4) is 0 Å². The lowest BCUT2D eigenvalue weighted by molar-refractivity contribution is 0.899. The maximum atomic E-state index is 3.98. The zero-order valence-corrected chi connectivity index (χ0v) is 6.15. The summed E-state index contributed by atoms with van der Waals surface area (Å²) in [5.41, 5.74) is 1.84. The molecular weight excluding hydrogens is 140 g/mol. The first-order chi connectivity index (χ1) is 5.40. The molecule has 4 nitrogen and oxygen atoms in total. The monoisotopic (exact) mass is 147 g/mol. The standard InChI is InChI=1S/C7H7N4/c1-2-6-3-7-10-8-5-11(7)9-4-6/h3,5H,2H2,1H3. The summed E-state index contributed by atoms with van der Waals surface area (Å²) in [5.74, 6) is 0. The molecule has 0 spiro atoms. The lowest BCUT2D eigenvalue weighted by Gasteiger charge is -1.92. The first-order valence-corrected chi connectivity index (χ1v) is 3.48. The molecule has 0 aliphatic rings. The smallest absolute Gasteiger partial charge is 0.177 e. The zero-order valence-electron chi connectivity index (χ0n) is 6.15. The van der Waals surface area contributed by atoms with Crippen LogP contribution in [0.25, 0.3) is 5.65 Å². The van der Waals surface area contributed by atoms with Gasteiger partial charge in [-0.25, -0.2) is 0 Å². The second-order valence-corrected chi connectivity index (χ2v) is 2.27. The molecule has 2 rings (SSSR count). The van der Waals surface area contributed by atoms with Gasteiger partial charge in [0.25, 0.3) is 0 Å². The van der Waals surface area contributed by atoms with Crippen LogP contribution in [0.5, 0.6) is 0 Å². The van der Waals surface area contributed by atoms with Gasteiger partial charge in [0.15, 0.2) is 5.65 Å². The molecule has 11 heavy (non-hydrogen) atoms. The van der Waals surface area contributed by atoms with Crippen molar-refractivity contribution in [3.05, 3.63) is 24.2 Å². The predicted molar refractivity (Wildman–Crippen MR) is 39.0 cm³/mol. The van der Waals surface area contributed by atoms with E-state index in [0.29, 0.717) is 0 Å². The fourth-order valence-corrected chi connectivity index (χ4v) is 0.898. The molecule has 0 amide bonds. The molecule has 0 saturated carbocycles. The Balaban J connectivity index is 2.67. The van der Waals surface area contributed by atoms with Crippen LogP contribution in [0.4, 0.5) is 0 Å². The van der Waals surface area contributed by atoms with Gasteiger partial charge in [-0.15, -0.1) is 10.2 Å². The van der Waals surface area contributed by atoms with E-state index in [4.69, 9.17) is 0 Å². The van der Waals surface area contributed by atoms with E-state index in [0.717, 1.165) is 17.6 Å². The molecule has 0 saturated heterocycles. The van der Waals surface area contributed by atoms with E-state index in [1.807, 2.05) is 6.07 Å². The maximum absolute atomic E-state index is 3.98. The van der Waals surface area contributed by atoms with Crippen LogP contribution in [0.2, 0.25) is 0 Å². The highest BCUT2D eigenvalue weighted by atomic mass is 15.3. The molecular formula is C7H7N4. The fourth-order valence-electron chi connectivity index (χ4n) is 0.898. The summed E-state index contributed by atoms with van der Waals surface area (Å²) in [6.07, 6.45) is 5.37. The summed E-state index contributed by atoms with van der Waals surface area (Å²) < 4.78 is 1.60. The van der Waals surface area contributed by atoms with E-state index in [-0.39, 0.29) is 0 Å². The summed E-state index contributed by atoms with van der Waals surface area (Å²) in [6.45, 7) is 2.06. The number of aromatic nitrogens is 4. The lowest BCUT2D eigenvalue weighted by atomic mass is 10.2. The van der Waals surface area contributed by atoms with Crippen LogP contribution >= 0.6 is 0 Å². The van der Waals surface area contributed by atoms with Crippen molar-refractivity contribution in [3.63, 3.8) is 0 Å². The largest absolute Gasteiger partial charge is 0.200 e. The third kappa shape index (κ3) is 0.960. The first kappa shape index (κ1) is 6.27. The minimum absolute atomic E-state index is 0.778. The van der Waals surface area contributed by atoms with Gasteiger partial charge >= 0.3 is 0 Å². The van der Waals surface area contributed by atoms with Crippen molar-refractivity contribution < 1.29 is 0 Å². The van der Waals surface area contributed by atoms with Crippen molar-refractivity contribution in [1.82, 2.24) is 19.8 Å². The van der Waals surface area contributed by atoms with Crippen LogP contribution < -0.4 is 0 Å². The quantitative estimate of drug-likeness (QED) is 0.589. The van der Waals surface area contributed by atoms with E-state index in [2.05, 4.69) is 28.4 Å². The number of aryl methyl sites for hydroxylation is 1. The Bertz CT molecular complexity index is 365. The lowest BCUT2D eigenvalue weighted by Crippen LogP contribution is -1.92. The summed E-state index contributed by atoms with van der Waals surface area (Å²) in [7, 11) is 0. The average Bonchev–Trinajstić information content (AvgIpc) is 2.50. The minimum Gasteiger partial charge on any atom is -0.200 e. The minimum atomic E-state index is 0.778.